The van der Waals surface area contributed by atoms with E-state index in [0.717, 1.165) is 28.5 Å². The monoisotopic (exact) mass is 367 g/mol. The van der Waals surface area contributed by atoms with Gasteiger partial charge in [0.25, 0.3) is 0 Å². The van der Waals surface area contributed by atoms with Crippen LogP contribution in [0, 0.1) is 6.92 Å². The molecule has 1 aliphatic carbocycles. The average molecular weight is 367 g/mol. The zero-order valence-electron chi connectivity index (χ0n) is 15.5. The predicted molar refractivity (Wildman–Crippen MR) is 100 cm³/mol. The first-order chi connectivity index (χ1) is 13.1. The first-order valence-electron chi connectivity index (χ1n) is 9.16. The smallest absolute Gasteiger partial charge is 0.325 e. The number of pyridine rings is 1. The average Bonchev–Trinajstić information content (AvgIpc) is 3.32. The second-order valence-corrected chi connectivity index (χ2v) is 6.98. The summed E-state index contributed by atoms with van der Waals surface area (Å²) in [5.41, 5.74) is 2.11. The molecule has 0 aliphatic heterocycles. The molecule has 2 heterocycles. The Kier molecular flexibility index (Phi) is 4.43. The van der Waals surface area contributed by atoms with Crippen molar-refractivity contribution >= 4 is 22.5 Å². The molecule has 2 N–H and O–H groups in total. The third-order valence-corrected chi connectivity index (χ3v) is 5.18. The van der Waals surface area contributed by atoms with Gasteiger partial charge in [0.15, 0.2) is 0 Å². The topological polar surface area (TPSA) is 80.3 Å². The van der Waals surface area contributed by atoms with Gasteiger partial charge in [-0.3, -0.25) is 14.7 Å². The van der Waals surface area contributed by atoms with E-state index in [9.17, 15) is 10.0 Å². The highest BCUT2D eigenvalue weighted by atomic mass is 16.5. The summed E-state index contributed by atoms with van der Waals surface area (Å²) in [4.78, 5) is 12.6. The predicted octanol–water partition coefficient (Wildman–Crippen LogP) is 3.25. The van der Waals surface area contributed by atoms with E-state index >= 15 is 0 Å². The highest BCUT2D eigenvalue weighted by Crippen LogP contribution is 2.33. The van der Waals surface area contributed by atoms with E-state index in [1.807, 2.05) is 23.0 Å². The molecule has 1 saturated carbocycles. The van der Waals surface area contributed by atoms with E-state index in [1.54, 1.807) is 32.2 Å². The highest BCUT2D eigenvalue weighted by Gasteiger charge is 2.23. The van der Waals surface area contributed by atoms with Crippen LogP contribution in [0.25, 0.3) is 10.9 Å². The minimum Gasteiger partial charge on any atom is -0.494 e. The first kappa shape index (κ1) is 17.3. The van der Waals surface area contributed by atoms with Crippen molar-refractivity contribution in [1.82, 2.24) is 9.78 Å². The Hall–Kier alpha value is -3.09. The number of ether oxygens (including phenoxy) is 1. The van der Waals surface area contributed by atoms with Crippen LogP contribution >= 0.6 is 0 Å². The fourth-order valence-corrected chi connectivity index (χ4v) is 3.66. The molecule has 7 heteroatoms. The molecule has 1 fully saturated rings. The van der Waals surface area contributed by atoms with Gasteiger partial charge in [-0.2, -0.15) is 5.10 Å². The van der Waals surface area contributed by atoms with E-state index in [1.165, 1.54) is 12.8 Å². The lowest BCUT2D eigenvalue weighted by atomic mass is 10.2. The molecule has 27 heavy (non-hydrogen) atoms. The molecule has 1 aromatic carbocycles. The lowest BCUT2D eigenvalue weighted by Gasteiger charge is -2.09. The summed E-state index contributed by atoms with van der Waals surface area (Å²) >= 11 is 0. The molecular weight excluding hydrogens is 344 g/mol. The van der Waals surface area contributed by atoms with Crippen molar-refractivity contribution in [3.8, 4) is 5.75 Å². The zero-order chi connectivity index (χ0) is 19.0. The fourth-order valence-electron chi connectivity index (χ4n) is 3.66. The molecule has 0 saturated heterocycles. The largest absolute Gasteiger partial charge is 0.494 e. The molecule has 1 amide bonds. The Labute approximate surface area is 157 Å². The number of methoxy groups -OCH3 is 1. The van der Waals surface area contributed by atoms with Gasteiger partial charge in [-0.15, -0.1) is 0 Å². The maximum absolute atomic E-state index is 12.6. The van der Waals surface area contributed by atoms with E-state index in [4.69, 9.17) is 4.74 Å². The standard InChI is InChI=1S/C20H22N4O3/c1-13-6-5-9-18(24(13)26)20(25)21-17-10-14-12-23(15-7-3-4-8-15)22-16(14)11-19(17)27-2/h5-6,9-12,15H,3-4,7-8H2,1-2H3,(H-,21,25,26)/p+1. The van der Waals surface area contributed by atoms with Gasteiger partial charge in [0.05, 0.1) is 24.4 Å². The molecule has 0 radical (unpaired) electrons. The van der Waals surface area contributed by atoms with Crippen LogP contribution in [0.4, 0.5) is 5.69 Å². The number of amides is 1. The van der Waals surface area contributed by atoms with Gasteiger partial charge < -0.3 is 10.1 Å². The lowest BCUT2D eigenvalue weighted by Crippen LogP contribution is -2.42. The number of rotatable bonds is 4. The molecule has 0 bridgehead atoms. The zero-order valence-corrected chi connectivity index (χ0v) is 15.5. The summed E-state index contributed by atoms with van der Waals surface area (Å²) in [6, 6.07) is 9.15. The molecule has 1 aliphatic rings. The SMILES string of the molecule is COc1cc2nn(C3CCCC3)cc2cc1NC(=O)c1cccc(C)[n+]1O. The van der Waals surface area contributed by atoms with Gasteiger partial charge in [-0.05, 0) is 25.0 Å². The van der Waals surface area contributed by atoms with Crippen LogP contribution in [-0.2, 0) is 0 Å². The summed E-state index contributed by atoms with van der Waals surface area (Å²) in [6.07, 6.45) is 6.81. The molecule has 4 rings (SSSR count). The Morgan fingerprint density at radius 3 is 2.85 bits per heavy atom. The second-order valence-electron chi connectivity index (χ2n) is 6.98. The van der Waals surface area contributed by atoms with Crippen LogP contribution < -0.4 is 14.8 Å². The number of anilines is 1. The molecule has 2 aromatic heterocycles. The van der Waals surface area contributed by atoms with Crippen LogP contribution in [-0.4, -0.2) is 28.0 Å². The number of carbonyl (C=O) groups is 1. The van der Waals surface area contributed by atoms with Crippen LogP contribution in [0.3, 0.4) is 0 Å². The number of benzene rings is 1. The number of aryl methyl sites for hydroxylation is 1. The number of hydrogen-bond donors (Lipinski definition) is 2. The molecule has 0 unspecified atom stereocenters. The number of hydrogen-bond acceptors (Lipinski definition) is 4. The van der Waals surface area contributed by atoms with Crippen molar-refractivity contribution in [2.45, 2.75) is 38.6 Å². The molecule has 0 atom stereocenters. The van der Waals surface area contributed by atoms with E-state index in [-0.39, 0.29) is 5.69 Å². The third kappa shape index (κ3) is 3.20. The third-order valence-electron chi connectivity index (χ3n) is 5.18. The number of nitrogens with zero attached hydrogens (tertiary/aromatic N) is 3. The van der Waals surface area contributed by atoms with Crippen LogP contribution in [0.15, 0.2) is 36.5 Å². The quantitative estimate of drug-likeness (QED) is 0.548. The lowest BCUT2D eigenvalue weighted by molar-refractivity contribution is -0.909. The van der Waals surface area contributed by atoms with Gasteiger partial charge in [0.2, 0.25) is 5.69 Å². The molecule has 3 aromatic rings. The van der Waals surface area contributed by atoms with Gasteiger partial charge in [0.1, 0.15) is 5.75 Å². The van der Waals surface area contributed by atoms with Gasteiger partial charge >= 0.3 is 11.6 Å². The van der Waals surface area contributed by atoms with Gasteiger partial charge in [0, 0.05) is 41.4 Å². The van der Waals surface area contributed by atoms with Crippen molar-refractivity contribution in [2.75, 3.05) is 12.4 Å². The van der Waals surface area contributed by atoms with Gasteiger partial charge in [-0.1, -0.05) is 12.8 Å². The molecule has 7 nitrogen and oxygen atoms in total. The normalized spacial score (nSPS) is 14.6. The van der Waals surface area contributed by atoms with E-state index in [2.05, 4.69) is 10.4 Å². The minimum atomic E-state index is -0.415. The van der Waals surface area contributed by atoms with E-state index in [0.29, 0.717) is 23.2 Å². The fraction of sp³-hybridized carbons (Fsp3) is 0.350. The summed E-state index contributed by atoms with van der Waals surface area (Å²) in [7, 11) is 1.56. The summed E-state index contributed by atoms with van der Waals surface area (Å²) in [5, 5.41) is 18.5. The summed E-state index contributed by atoms with van der Waals surface area (Å²) in [5.74, 6) is 0.117. The van der Waals surface area contributed by atoms with Crippen LogP contribution in [0.2, 0.25) is 0 Å². The number of fused-ring (bicyclic) bond motifs is 1. The Morgan fingerprint density at radius 2 is 2.11 bits per heavy atom. The highest BCUT2D eigenvalue weighted by molar-refractivity contribution is 6.04. The molecule has 140 valence electrons. The second kappa shape index (κ2) is 6.90. The number of carbonyl (C=O) groups excluding carboxylic acids is 1. The number of aromatic nitrogens is 3. The van der Waals surface area contributed by atoms with Crippen LogP contribution in [0.5, 0.6) is 5.75 Å². The first-order valence-corrected chi connectivity index (χ1v) is 9.16. The van der Waals surface area contributed by atoms with Crippen molar-refractivity contribution in [1.29, 1.82) is 0 Å². The van der Waals surface area contributed by atoms with Crippen molar-refractivity contribution in [2.24, 2.45) is 0 Å². The number of nitrogens with one attached hydrogen (secondary N) is 1. The molecular formula is C20H23N4O3+. The Bertz CT molecular complexity index is 1010. The van der Waals surface area contributed by atoms with Gasteiger partial charge in [-0.25, -0.2) is 0 Å². The van der Waals surface area contributed by atoms with E-state index < -0.39 is 5.91 Å². The Balaban J connectivity index is 1.67. The van der Waals surface area contributed by atoms with Crippen molar-refractivity contribution in [3.05, 3.63) is 47.9 Å². The summed E-state index contributed by atoms with van der Waals surface area (Å²) in [6.45, 7) is 1.72. The maximum atomic E-state index is 12.6. The maximum Gasteiger partial charge on any atom is 0.325 e. The van der Waals surface area contributed by atoms with Crippen molar-refractivity contribution in [3.63, 3.8) is 0 Å². The van der Waals surface area contributed by atoms with Crippen LogP contribution in [0.1, 0.15) is 47.9 Å². The minimum absolute atomic E-state index is 0.152. The summed E-state index contributed by atoms with van der Waals surface area (Å²) < 4.78 is 8.35. The Morgan fingerprint density at radius 1 is 1.33 bits per heavy atom. The molecule has 0 spiro atoms. The van der Waals surface area contributed by atoms with Crippen molar-refractivity contribution < 1.29 is 19.5 Å².